The third-order valence-electron chi connectivity index (χ3n) is 5.74. The number of piperazine rings is 2. The smallest absolute Gasteiger partial charge is 0.344 e. The van der Waals surface area contributed by atoms with Crippen molar-refractivity contribution in [1.29, 1.82) is 0 Å². The zero-order chi connectivity index (χ0) is 27.1. The molecule has 2 aliphatic heterocycles. The molecule has 214 valence electrons. The maximum absolute atomic E-state index is 11.8. The van der Waals surface area contributed by atoms with Gasteiger partial charge in [-0.3, -0.25) is 14.4 Å². The summed E-state index contributed by atoms with van der Waals surface area (Å²) in [6.45, 7) is 12.8. The third kappa shape index (κ3) is 17.7. The summed E-state index contributed by atoms with van der Waals surface area (Å²) < 4.78 is 23.3. The van der Waals surface area contributed by atoms with Gasteiger partial charge in [0, 0.05) is 72.6 Å². The molecule has 2 saturated heterocycles. The van der Waals surface area contributed by atoms with Gasteiger partial charge in [-0.25, -0.2) is 4.79 Å². The number of hydrogen-bond acceptors (Lipinski definition) is 13. The summed E-state index contributed by atoms with van der Waals surface area (Å²) in [6.07, 6.45) is 1.85. The standard InChI is InChI=1S/C18H34N4O4.C6H10O5/c1-2-7-20-12-14-22(15-13-20)9-4-18(24)26-16-25-17(23)3-8-21-10-5-19-6-11-21;1-9-2-3-11-6(8)4-10-5-7/h19H,2-16H2,1H3;5H,2-4H2,1H3. The Bertz CT molecular complexity index is 640. The van der Waals surface area contributed by atoms with Crippen LogP contribution in [0.1, 0.15) is 26.2 Å². The number of ether oxygens (including phenoxy) is 5. The molecule has 0 bridgehead atoms. The Morgan fingerprint density at radius 1 is 0.757 bits per heavy atom. The van der Waals surface area contributed by atoms with Gasteiger partial charge in [0.05, 0.1) is 19.4 Å². The predicted octanol–water partition coefficient (Wildman–Crippen LogP) is -0.908. The van der Waals surface area contributed by atoms with E-state index >= 15 is 0 Å². The van der Waals surface area contributed by atoms with Crippen LogP contribution in [0.15, 0.2) is 0 Å². The minimum atomic E-state index is -0.575. The van der Waals surface area contributed by atoms with E-state index in [9.17, 15) is 19.2 Å². The highest BCUT2D eigenvalue weighted by molar-refractivity contribution is 5.72. The maximum atomic E-state index is 11.8. The minimum absolute atomic E-state index is 0.178. The Labute approximate surface area is 219 Å². The van der Waals surface area contributed by atoms with Crippen LogP contribution in [-0.2, 0) is 42.9 Å². The van der Waals surface area contributed by atoms with E-state index in [1.165, 1.54) is 13.5 Å². The molecule has 0 radical (unpaired) electrons. The van der Waals surface area contributed by atoms with Crippen LogP contribution in [-0.4, -0.2) is 145 Å². The fourth-order valence-corrected chi connectivity index (χ4v) is 3.67. The van der Waals surface area contributed by atoms with Crippen LogP contribution in [0.25, 0.3) is 0 Å². The van der Waals surface area contributed by atoms with Crippen LogP contribution in [0.3, 0.4) is 0 Å². The van der Waals surface area contributed by atoms with Gasteiger partial charge in [0.15, 0.2) is 6.61 Å². The normalized spacial score (nSPS) is 16.7. The zero-order valence-corrected chi connectivity index (χ0v) is 22.3. The molecule has 2 fully saturated rings. The van der Waals surface area contributed by atoms with Crippen molar-refractivity contribution < 1.29 is 42.9 Å². The van der Waals surface area contributed by atoms with Gasteiger partial charge in [-0.05, 0) is 13.0 Å². The van der Waals surface area contributed by atoms with Gasteiger partial charge in [0.2, 0.25) is 6.79 Å². The van der Waals surface area contributed by atoms with Crippen LogP contribution in [0.2, 0.25) is 0 Å². The molecule has 0 atom stereocenters. The topological polar surface area (TPSA) is 136 Å². The quantitative estimate of drug-likeness (QED) is 0.0864. The predicted molar refractivity (Wildman–Crippen MR) is 134 cm³/mol. The monoisotopic (exact) mass is 532 g/mol. The molecule has 2 rings (SSSR count). The second-order valence-corrected chi connectivity index (χ2v) is 8.55. The average molecular weight is 533 g/mol. The van der Waals surface area contributed by atoms with Gasteiger partial charge < -0.3 is 43.7 Å². The first-order chi connectivity index (χ1) is 18.0. The lowest BCUT2D eigenvalue weighted by atomic mass is 10.2. The molecule has 0 aromatic heterocycles. The second-order valence-electron chi connectivity index (χ2n) is 8.55. The first kappa shape index (κ1) is 32.7. The van der Waals surface area contributed by atoms with Crippen LogP contribution >= 0.6 is 0 Å². The fourth-order valence-electron chi connectivity index (χ4n) is 3.67. The Hall–Kier alpha value is -2.32. The van der Waals surface area contributed by atoms with Crippen molar-refractivity contribution in [3.63, 3.8) is 0 Å². The summed E-state index contributed by atoms with van der Waals surface area (Å²) in [4.78, 5) is 50.5. The van der Waals surface area contributed by atoms with E-state index in [0.29, 0.717) is 32.5 Å². The summed E-state index contributed by atoms with van der Waals surface area (Å²) in [5, 5.41) is 3.27. The molecule has 0 unspecified atom stereocenters. The zero-order valence-electron chi connectivity index (χ0n) is 22.3. The van der Waals surface area contributed by atoms with Crippen LogP contribution < -0.4 is 5.32 Å². The van der Waals surface area contributed by atoms with Gasteiger partial charge in [-0.15, -0.1) is 0 Å². The number of esters is 3. The molecule has 0 aromatic rings. The van der Waals surface area contributed by atoms with Crippen molar-refractivity contribution in [3.8, 4) is 0 Å². The highest BCUT2D eigenvalue weighted by Crippen LogP contribution is 2.04. The molecule has 0 amide bonds. The Balaban J connectivity index is 0.000000525. The number of rotatable bonds is 16. The molecule has 13 heteroatoms. The summed E-state index contributed by atoms with van der Waals surface area (Å²) in [6, 6.07) is 0. The van der Waals surface area contributed by atoms with Gasteiger partial charge in [-0.2, -0.15) is 0 Å². The molecule has 0 aromatic carbocycles. The molecule has 13 nitrogen and oxygen atoms in total. The Kier molecular flexibility index (Phi) is 19.2. The molecule has 37 heavy (non-hydrogen) atoms. The van der Waals surface area contributed by atoms with Crippen molar-refractivity contribution >= 4 is 24.4 Å². The lowest BCUT2D eigenvalue weighted by Crippen LogP contribution is -2.47. The van der Waals surface area contributed by atoms with E-state index in [0.717, 1.165) is 58.9 Å². The summed E-state index contributed by atoms with van der Waals surface area (Å²) in [5.41, 5.74) is 0. The molecular weight excluding hydrogens is 488 g/mol. The van der Waals surface area contributed by atoms with E-state index < -0.39 is 5.97 Å². The van der Waals surface area contributed by atoms with Gasteiger partial charge >= 0.3 is 17.9 Å². The number of carbonyl (C=O) groups excluding carboxylic acids is 4. The summed E-state index contributed by atoms with van der Waals surface area (Å²) in [7, 11) is 1.50. The van der Waals surface area contributed by atoms with E-state index in [4.69, 9.17) is 9.47 Å². The van der Waals surface area contributed by atoms with E-state index in [1.807, 2.05) is 0 Å². The summed E-state index contributed by atoms with van der Waals surface area (Å²) >= 11 is 0. The van der Waals surface area contributed by atoms with Gasteiger partial charge in [0.25, 0.3) is 6.47 Å². The number of carbonyl (C=O) groups is 4. The van der Waals surface area contributed by atoms with Gasteiger partial charge in [-0.1, -0.05) is 6.92 Å². The van der Waals surface area contributed by atoms with E-state index in [-0.39, 0.29) is 38.4 Å². The number of methoxy groups -OCH3 is 1. The van der Waals surface area contributed by atoms with Crippen molar-refractivity contribution in [1.82, 2.24) is 20.0 Å². The van der Waals surface area contributed by atoms with Crippen molar-refractivity contribution in [3.05, 3.63) is 0 Å². The van der Waals surface area contributed by atoms with Crippen LogP contribution in [0, 0.1) is 0 Å². The lowest BCUT2D eigenvalue weighted by molar-refractivity contribution is -0.167. The minimum Gasteiger partial charge on any atom is -0.461 e. The Morgan fingerprint density at radius 2 is 1.30 bits per heavy atom. The first-order valence-corrected chi connectivity index (χ1v) is 12.9. The highest BCUT2D eigenvalue weighted by atomic mass is 16.7. The molecule has 0 spiro atoms. The maximum Gasteiger partial charge on any atom is 0.344 e. The molecule has 0 saturated carbocycles. The van der Waals surface area contributed by atoms with E-state index in [2.05, 4.69) is 41.2 Å². The van der Waals surface area contributed by atoms with Crippen LogP contribution in [0.5, 0.6) is 0 Å². The molecule has 2 aliphatic rings. The first-order valence-electron chi connectivity index (χ1n) is 12.9. The largest absolute Gasteiger partial charge is 0.461 e. The number of hydrogen-bond donors (Lipinski definition) is 1. The number of nitrogens with zero attached hydrogens (tertiary/aromatic N) is 3. The summed E-state index contributed by atoms with van der Waals surface area (Å²) in [5.74, 6) is -1.20. The van der Waals surface area contributed by atoms with E-state index in [1.54, 1.807) is 0 Å². The second kappa shape index (κ2) is 21.7. The van der Waals surface area contributed by atoms with Gasteiger partial charge in [0.1, 0.15) is 6.61 Å². The fraction of sp³-hybridized carbons (Fsp3) is 0.833. The molecular formula is C24H44N4O9. The Morgan fingerprint density at radius 3 is 1.81 bits per heavy atom. The van der Waals surface area contributed by atoms with Crippen molar-refractivity contribution in [2.75, 3.05) is 106 Å². The lowest BCUT2D eigenvalue weighted by Gasteiger charge is -2.34. The SMILES string of the molecule is CCCN1CCN(CCC(=O)OCOC(=O)CCN2CCNCC2)CC1.COCCOC(=O)COC=O. The molecule has 2 heterocycles. The highest BCUT2D eigenvalue weighted by Gasteiger charge is 2.17. The molecule has 0 aliphatic carbocycles. The third-order valence-corrected chi connectivity index (χ3v) is 5.74. The van der Waals surface area contributed by atoms with Crippen molar-refractivity contribution in [2.24, 2.45) is 0 Å². The van der Waals surface area contributed by atoms with Crippen molar-refractivity contribution in [2.45, 2.75) is 26.2 Å². The average Bonchev–Trinajstić information content (AvgIpc) is 2.91. The molecule has 1 N–H and O–H groups in total. The number of nitrogens with one attached hydrogen (secondary N) is 1. The van der Waals surface area contributed by atoms with Crippen LogP contribution in [0.4, 0.5) is 0 Å².